The Morgan fingerprint density at radius 1 is 1.03 bits per heavy atom. The number of rotatable bonds is 5. The van der Waals surface area contributed by atoms with Gasteiger partial charge in [0.25, 0.3) is 15.9 Å². The van der Waals surface area contributed by atoms with Crippen LogP contribution in [0.2, 0.25) is 0 Å². The number of hydrogen-bond donors (Lipinski definition) is 2. The third-order valence-electron chi connectivity index (χ3n) is 5.13. The van der Waals surface area contributed by atoms with Crippen molar-refractivity contribution in [1.29, 1.82) is 0 Å². The number of nitrogens with zero attached hydrogens (tertiary/aromatic N) is 2. The van der Waals surface area contributed by atoms with Crippen LogP contribution < -0.4 is 5.32 Å². The zero-order valence-electron chi connectivity index (χ0n) is 17.0. The Morgan fingerprint density at radius 3 is 2.42 bits per heavy atom. The molecule has 0 saturated carbocycles. The van der Waals surface area contributed by atoms with Crippen molar-refractivity contribution in [2.24, 2.45) is 0 Å². The molecule has 3 aromatic carbocycles. The normalized spacial score (nSPS) is 12.6. The maximum Gasteiger partial charge on any atom is 0.268 e. The number of aromatic nitrogens is 2. The minimum absolute atomic E-state index is 0.147. The monoisotopic (exact) mass is 435 g/mol. The van der Waals surface area contributed by atoms with Gasteiger partial charge in [-0.05, 0) is 53.6 Å². The number of imidazole rings is 1. The first-order valence-electron chi connectivity index (χ1n) is 9.59. The van der Waals surface area contributed by atoms with E-state index in [1.165, 1.54) is 24.7 Å². The Hall–Kier alpha value is -3.49. The lowest BCUT2D eigenvalue weighted by atomic mass is 10.0. The number of nitrogens with one attached hydrogen (secondary N) is 1. The number of aryl methyl sites for hydroxylation is 1. The van der Waals surface area contributed by atoms with Crippen molar-refractivity contribution in [3.05, 3.63) is 95.6 Å². The first-order chi connectivity index (χ1) is 14.8. The molecule has 0 aliphatic carbocycles. The molecule has 1 aromatic heterocycles. The highest BCUT2D eigenvalue weighted by molar-refractivity contribution is 7.90. The molecule has 8 heteroatoms. The summed E-state index contributed by atoms with van der Waals surface area (Å²) in [5.41, 5.74) is 2.29. The molecule has 0 aliphatic rings. The molecule has 0 aliphatic heterocycles. The summed E-state index contributed by atoms with van der Waals surface area (Å²) < 4.78 is 26.6. The molecule has 1 amide bonds. The van der Waals surface area contributed by atoms with E-state index in [4.69, 9.17) is 0 Å². The molecule has 0 saturated heterocycles. The minimum Gasteiger partial charge on any atom is -0.382 e. The van der Waals surface area contributed by atoms with E-state index in [0.29, 0.717) is 11.1 Å². The number of fused-ring (bicyclic) bond motifs is 1. The Balaban J connectivity index is 1.63. The molecule has 7 nitrogen and oxygen atoms in total. The number of carbonyl (C=O) groups excluding carboxylic acids is 1. The predicted octanol–water partition coefficient (Wildman–Crippen LogP) is 3.02. The molecule has 158 valence electrons. The maximum atomic E-state index is 12.8. The summed E-state index contributed by atoms with van der Waals surface area (Å²) in [5.74, 6) is -0.175. The number of aliphatic hydroxyl groups is 1. The lowest BCUT2D eigenvalue weighted by Gasteiger charge is -2.10. The summed E-state index contributed by atoms with van der Waals surface area (Å²) in [4.78, 5) is 16.1. The van der Waals surface area contributed by atoms with Gasteiger partial charge in [-0.25, -0.2) is 17.4 Å². The van der Waals surface area contributed by atoms with Gasteiger partial charge in [-0.1, -0.05) is 35.9 Å². The van der Waals surface area contributed by atoms with E-state index in [1.54, 1.807) is 55.6 Å². The van der Waals surface area contributed by atoms with Crippen molar-refractivity contribution >= 4 is 26.7 Å². The fourth-order valence-corrected chi connectivity index (χ4v) is 4.46. The topological polar surface area (TPSA) is 101 Å². The Morgan fingerprint density at radius 2 is 1.71 bits per heavy atom. The van der Waals surface area contributed by atoms with Gasteiger partial charge in [0.1, 0.15) is 12.4 Å². The molecule has 31 heavy (non-hydrogen) atoms. The van der Waals surface area contributed by atoms with E-state index in [2.05, 4.69) is 10.3 Å². The maximum absolute atomic E-state index is 12.8. The van der Waals surface area contributed by atoms with Crippen LogP contribution >= 0.6 is 0 Å². The third-order valence-corrected chi connectivity index (χ3v) is 6.75. The summed E-state index contributed by atoms with van der Waals surface area (Å²) in [5, 5.41) is 15.1. The quantitative estimate of drug-likeness (QED) is 0.502. The highest BCUT2D eigenvalue weighted by atomic mass is 32.2. The summed E-state index contributed by atoms with van der Waals surface area (Å²) in [6, 6.07) is 17.1. The van der Waals surface area contributed by atoms with E-state index in [1.807, 2.05) is 6.92 Å². The standard InChI is InChI=1S/C23H21N3O4S/c1-15-3-9-20(10-4-15)31(29,30)26-13-21(25-14-26)22(27)18-7-5-17-12-19(23(28)24-2)8-6-16(17)11-18/h3-14,22,27H,1-2H3,(H,24,28). The second-order valence-electron chi connectivity index (χ2n) is 7.25. The SMILES string of the molecule is CNC(=O)c1ccc2cc(C(O)c3cn(S(=O)(=O)c4ccc(C)cc4)cn3)ccc2c1. The van der Waals surface area contributed by atoms with Gasteiger partial charge in [0.05, 0.1) is 10.6 Å². The zero-order valence-corrected chi connectivity index (χ0v) is 17.8. The molecule has 4 aromatic rings. The fourth-order valence-electron chi connectivity index (χ4n) is 3.32. The smallest absolute Gasteiger partial charge is 0.268 e. The van der Waals surface area contributed by atoms with Gasteiger partial charge in [-0.15, -0.1) is 0 Å². The Kier molecular flexibility index (Phi) is 5.34. The summed E-state index contributed by atoms with van der Waals surface area (Å²) >= 11 is 0. The van der Waals surface area contributed by atoms with E-state index < -0.39 is 16.1 Å². The average Bonchev–Trinajstić information content (AvgIpc) is 3.29. The second kappa shape index (κ2) is 7.98. The van der Waals surface area contributed by atoms with Crippen LogP contribution in [0.1, 0.15) is 33.3 Å². The van der Waals surface area contributed by atoms with Crippen LogP contribution in [0, 0.1) is 6.92 Å². The number of benzene rings is 3. The van der Waals surface area contributed by atoms with Crippen molar-refractivity contribution in [2.45, 2.75) is 17.9 Å². The van der Waals surface area contributed by atoms with Crippen LogP contribution in [0.3, 0.4) is 0 Å². The van der Waals surface area contributed by atoms with E-state index >= 15 is 0 Å². The van der Waals surface area contributed by atoms with Gasteiger partial charge in [-0.3, -0.25) is 4.79 Å². The molecule has 1 heterocycles. The first kappa shape index (κ1) is 20.8. The molecule has 0 bridgehead atoms. The van der Waals surface area contributed by atoms with Gasteiger partial charge in [-0.2, -0.15) is 0 Å². The highest BCUT2D eigenvalue weighted by Crippen LogP contribution is 2.26. The molecule has 0 fully saturated rings. The lowest BCUT2D eigenvalue weighted by Crippen LogP contribution is -2.17. The number of carbonyl (C=O) groups is 1. The van der Waals surface area contributed by atoms with E-state index in [-0.39, 0.29) is 16.5 Å². The molecule has 1 unspecified atom stereocenters. The van der Waals surface area contributed by atoms with E-state index in [9.17, 15) is 18.3 Å². The Labute approximate surface area is 180 Å². The fraction of sp³-hybridized carbons (Fsp3) is 0.130. The molecular weight excluding hydrogens is 414 g/mol. The molecule has 0 spiro atoms. The van der Waals surface area contributed by atoms with Gasteiger partial charge < -0.3 is 10.4 Å². The van der Waals surface area contributed by atoms with Crippen molar-refractivity contribution in [1.82, 2.24) is 14.3 Å². The van der Waals surface area contributed by atoms with Crippen LogP contribution in [-0.2, 0) is 10.0 Å². The highest BCUT2D eigenvalue weighted by Gasteiger charge is 2.21. The number of aliphatic hydroxyl groups excluding tert-OH is 1. The second-order valence-corrected chi connectivity index (χ2v) is 9.09. The van der Waals surface area contributed by atoms with Crippen molar-refractivity contribution < 1.29 is 18.3 Å². The van der Waals surface area contributed by atoms with Gasteiger partial charge in [0.2, 0.25) is 0 Å². The zero-order chi connectivity index (χ0) is 22.2. The lowest BCUT2D eigenvalue weighted by molar-refractivity contribution is 0.0963. The first-order valence-corrected chi connectivity index (χ1v) is 11.0. The molecule has 2 N–H and O–H groups in total. The van der Waals surface area contributed by atoms with Crippen molar-refractivity contribution in [3.8, 4) is 0 Å². The van der Waals surface area contributed by atoms with E-state index in [0.717, 1.165) is 20.3 Å². The molecular formula is C23H21N3O4S. The van der Waals surface area contributed by atoms with Crippen molar-refractivity contribution in [2.75, 3.05) is 7.05 Å². The van der Waals surface area contributed by atoms with Gasteiger partial charge in [0.15, 0.2) is 0 Å². The summed E-state index contributed by atoms with van der Waals surface area (Å²) in [6.07, 6.45) is 1.40. The van der Waals surface area contributed by atoms with Crippen LogP contribution in [-0.4, -0.2) is 35.4 Å². The largest absolute Gasteiger partial charge is 0.382 e. The van der Waals surface area contributed by atoms with Crippen LogP contribution in [0.25, 0.3) is 10.8 Å². The van der Waals surface area contributed by atoms with Gasteiger partial charge >= 0.3 is 0 Å². The molecule has 4 rings (SSSR count). The van der Waals surface area contributed by atoms with Crippen LogP contribution in [0.15, 0.2) is 78.1 Å². The summed E-state index contributed by atoms with van der Waals surface area (Å²) in [6.45, 7) is 1.88. The third kappa shape index (κ3) is 3.95. The van der Waals surface area contributed by atoms with Gasteiger partial charge in [0, 0.05) is 18.8 Å². The predicted molar refractivity (Wildman–Crippen MR) is 117 cm³/mol. The van der Waals surface area contributed by atoms with Crippen LogP contribution in [0.4, 0.5) is 0 Å². The Bertz CT molecular complexity index is 1380. The summed E-state index contributed by atoms with van der Waals surface area (Å²) in [7, 11) is -2.22. The molecule has 0 radical (unpaired) electrons. The van der Waals surface area contributed by atoms with Crippen molar-refractivity contribution in [3.63, 3.8) is 0 Å². The number of hydrogen-bond acceptors (Lipinski definition) is 5. The minimum atomic E-state index is -3.80. The average molecular weight is 436 g/mol. The number of amides is 1. The van der Waals surface area contributed by atoms with Crippen LogP contribution in [0.5, 0.6) is 0 Å². The molecule has 1 atom stereocenters.